The van der Waals surface area contributed by atoms with Crippen molar-refractivity contribution < 1.29 is 19.4 Å². The van der Waals surface area contributed by atoms with Crippen LogP contribution in [0.4, 0.5) is 0 Å². The number of methoxy groups -OCH3 is 1. The van der Waals surface area contributed by atoms with E-state index in [4.69, 9.17) is 5.11 Å². The Bertz CT molecular complexity index is 369. The molecule has 1 aromatic rings. The monoisotopic (exact) mass is 228 g/mol. The van der Waals surface area contributed by atoms with Crippen LogP contribution in [0, 0.1) is 0 Å². The Morgan fingerprint density at radius 2 is 2.20 bits per heavy atom. The lowest BCUT2D eigenvalue weighted by Crippen LogP contribution is -2.09. The van der Waals surface area contributed by atoms with Crippen LogP contribution in [0.25, 0.3) is 0 Å². The van der Waals surface area contributed by atoms with Crippen molar-refractivity contribution in [3.8, 4) is 0 Å². The number of hydrogen-bond donors (Lipinski definition) is 1. The van der Waals surface area contributed by atoms with E-state index in [-0.39, 0.29) is 18.3 Å². The van der Waals surface area contributed by atoms with E-state index in [9.17, 15) is 9.59 Å². The standard InChI is InChI=1S/C10H12O4S/c1-6(10(13)14-2)8-4-3-7(15-8)5-9(11)12/h3-4,6H,5H2,1-2H3,(H,11,12). The summed E-state index contributed by atoms with van der Waals surface area (Å²) in [7, 11) is 1.34. The smallest absolute Gasteiger partial charge is 0.313 e. The molecular weight excluding hydrogens is 216 g/mol. The van der Waals surface area contributed by atoms with Gasteiger partial charge in [0.1, 0.15) is 0 Å². The molecule has 0 saturated carbocycles. The highest BCUT2D eigenvalue weighted by atomic mass is 32.1. The number of carboxylic acid groups (broad SMARTS) is 1. The predicted molar refractivity (Wildman–Crippen MR) is 56.1 cm³/mol. The normalized spacial score (nSPS) is 12.1. The Labute approximate surface area is 91.5 Å². The molecule has 1 unspecified atom stereocenters. The summed E-state index contributed by atoms with van der Waals surface area (Å²) in [5.41, 5.74) is 0. The van der Waals surface area contributed by atoms with Gasteiger partial charge in [-0.25, -0.2) is 0 Å². The van der Waals surface area contributed by atoms with Crippen LogP contribution in [-0.2, 0) is 20.7 Å². The Kier molecular flexibility index (Phi) is 3.85. The van der Waals surface area contributed by atoms with Crippen LogP contribution >= 0.6 is 11.3 Å². The van der Waals surface area contributed by atoms with E-state index in [0.29, 0.717) is 0 Å². The van der Waals surface area contributed by atoms with Gasteiger partial charge < -0.3 is 9.84 Å². The Balaban J connectivity index is 2.75. The molecule has 82 valence electrons. The van der Waals surface area contributed by atoms with Gasteiger partial charge in [0, 0.05) is 9.75 Å². The molecule has 0 amide bonds. The van der Waals surface area contributed by atoms with Crippen LogP contribution < -0.4 is 0 Å². The first-order valence-electron chi connectivity index (χ1n) is 4.42. The zero-order chi connectivity index (χ0) is 11.4. The fourth-order valence-corrected chi connectivity index (χ4v) is 2.21. The lowest BCUT2D eigenvalue weighted by atomic mass is 10.1. The molecule has 0 bridgehead atoms. The topological polar surface area (TPSA) is 63.6 Å². The van der Waals surface area contributed by atoms with Crippen molar-refractivity contribution >= 4 is 23.3 Å². The maximum Gasteiger partial charge on any atom is 0.313 e. The van der Waals surface area contributed by atoms with Gasteiger partial charge in [-0.3, -0.25) is 9.59 Å². The number of carbonyl (C=O) groups is 2. The van der Waals surface area contributed by atoms with E-state index in [0.717, 1.165) is 9.75 Å². The molecule has 1 aromatic heterocycles. The molecule has 0 saturated heterocycles. The third kappa shape index (κ3) is 3.06. The summed E-state index contributed by atoms with van der Waals surface area (Å²) in [6.07, 6.45) is -0.00143. The minimum Gasteiger partial charge on any atom is -0.481 e. The van der Waals surface area contributed by atoms with Crippen LogP contribution in [-0.4, -0.2) is 24.2 Å². The first kappa shape index (κ1) is 11.7. The summed E-state index contributed by atoms with van der Waals surface area (Å²) < 4.78 is 4.61. The highest BCUT2D eigenvalue weighted by Crippen LogP contribution is 2.25. The summed E-state index contributed by atoms with van der Waals surface area (Å²) in [5.74, 6) is -1.50. The predicted octanol–water partition coefficient (Wildman–Crippen LogP) is 1.65. The molecule has 0 aliphatic rings. The molecule has 5 heteroatoms. The molecule has 0 radical (unpaired) electrons. The minimum absolute atomic E-state index is 0.00143. The molecule has 0 spiro atoms. The number of ether oxygens (including phenoxy) is 1. The summed E-state index contributed by atoms with van der Waals surface area (Å²) in [6, 6.07) is 3.50. The van der Waals surface area contributed by atoms with Gasteiger partial charge in [-0.2, -0.15) is 0 Å². The number of rotatable bonds is 4. The van der Waals surface area contributed by atoms with Crippen molar-refractivity contribution in [2.75, 3.05) is 7.11 Å². The number of hydrogen-bond acceptors (Lipinski definition) is 4. The quantitative estimate of drug-likeness (QED) is 0.796. The lowest BCUT2D eigenvalue weighted by Gasteiger charge is -2.05. The molecule has 0 aliphatic heterocycles. The van der Waals surface area contributed by atoms with E-state index >= 15 is 0 Å². The maximum absolute atomic E-state index is 11.2. The highest BCUT2D eigenvalue weighted by Gasteiger charge is 2.17. The molecule has 0 fully saturated rings. The maximum atomic E-state index is 11.2. The number of thiophene rings is 1. The average molecular weight is 228 g/mol. The lowest BCUT2D eigenvalue weighted by molar-refractivity contribution is -0.142. The molecular formula is C10H12O4S. The largest absolute Gasteiger partial charge is 0.481 e. The van der Waals surface area contributed by atoms with E-state index in [2.05, 4.69) is 4.74 Å². The summed E-state index contributed by atoms with van der Waals surface area (Å²) in [5, 5.41) is 8.59. The van der Waals surface area contributed by atoms with Crippen LogP contribution in [0.15, 0.2) is 12.1 Å². The molecule has 1 heterocycles. The SMILES string of the molecule is COC(=O)C(C)c1ccc(CC(=O)O)s1. The van der Waals surface area contributed by atoms with Crippen LogP contribution in [0.2, 0.25) is 0 Å². The van der Waals surface area contributed by atoms with Gasteiger partial charge in [0.25, 0.3) is 0 Å². The van der Waals surface area contributed by atoms with Gasteiger partial charge in [0.15, 0.2) is 0 Å². The second kappa shape index (κ2) is 4.93. The fourth-order valence-electron chi connectivity index (χ4n) is 1.16. The fraction of sp³-hybridized carbons (Fsp3) is 0.400. The molecule has 15 heavy (non-hydrogen) atoms. The van der Waals surface area contributed by atoms with Crippen LogP contribution in [0.1, 0.15) is 22.6 Å². The molecule has 0 aromatic carbocycles. The molecule has 0 aliphatic carbocycles. The zero-order valence-corrected chi connectivity index (χ0v) is 9.34. The number of carboxylic acids is 1. The van der Waals surface area contributed by atoms with Gasteiger partial charge >= 0.3 is 11.9 Å². The summed E-state index contributed by atoms with van der Waals surface area (Å²) in [4.78, 5) is 23.2. The molecule has 1 rings (SSSR count). The van der Waals surface area contributed by atoms with E-state index < -0.39 is 5.97 Å². The van der Waals surface area contributed by atoms with Gasteiger partial charge in [-0.1, -0.05) is 0 Å². The first-order valence-corrected chi connectivity index (χ1v) is 5.24. The van der Waals surface area contributed by atoms with Crippen LogP contribution in [0.5, 0.6) is 0 Å². The Morgan fingerprint density at radius 1 is 1.53 bits per heavy atom. The summed E-state index contributed by atoms with van der Waals surface area (Å²) in [6.45, 7) is 1.74. The van der Waals surface area contributed by atoms with Crippen molar-refractivity contribution in [2.24, 2.45) is 0 Å². The van der Waals surface area contributed by atoms with Crippen molar-refractivity contribution in [1.29, 1.82) is 0 Å². The van der Waals surface area contributed by atoms with E-state index in [1.54, 1.807) is 19.1 Å². The number of carbonyl (C=O) groups excluding carboxylic acids is 1. The van der Waals surface area contributed by atoms with E-state index in [1.165, 1.54) is 18.4 Å². The van der Waals surface area contributed by atoms with Gasteiger partial charge in [0.05, 0.1) is 19.4 Å². The number of aliphatic carboxylic acids is 1. The Morgan fingerprint density at radius 3 is 2.73 bits per heavy atom. The molecule has 4 nitrogen and oxygen atoms in total. The van der Waals surface area contributed by atoms with Gasteiger partial charge in [-0.15, -0.1) is 11.3 Å². The second-order valence-electron chi connectivity index (χ2n) is 3.12. The molecule has 1 atom stereocenters. The zero-order valence-electron chi connectivity index (χ0n) is 8.52. The van der Waals surface area contributed by atoms with Gasteiger partial charge in [0.2, 0.25) is 0 Å². The highest BCUT2D eigenvalue weighted by molar-refractivity contribution is 7.12. The molecule has 1 N–H and O–H groups in total. The van der Waals surface area contributed by atoms with Crippen molar-refractivity contribution in [3.05, 3.63) is 21.9 Å². The summed E-state index contributed by atoms with van der Waals surface area (Å²) >= 11 is 1.33. The Hall–Kier alpha value is -1.36. The number of esters is 1. The van der Waals surface area contributed by atoms with Crippen LogP contribution in [0.3, 0.4) is 0 Å². The minimum atomic E-state index is -0.867. The first-order chi connectivity index (χ1) is 7.04. The van der Waals surface area contributed by atoms with Crippen molar-refractivity contribution in [3.63, 3.8) is 0 Å². The third-order valence-corrected chi connectivity index (χ3v) is 3.26. The van der Waals surface area contributed by atoms with Crippen molar-refractivity contribution in [1.82, 2.24) is 0 Å². The second-order valence-corrected chi connectivity index (χ2v) is 4.32. The van der Waals surface area contributed by atoms with Crippen molar-refractivity contribution in [2.45, 2.75) is 19.3 Å². The average Bonchev–Trinajstić information content (AvgIpc) is 2.63. The third-order valence-electron chi connectivity index (χ3n) is 1.99. The van der Waals surface area contributed by atoms with Gasteiger partial charge in [-0.05, 0) is 19.1 Å². The van der Waals surface area contributed by atoms with E-state index in [1.807, 2.05) is 0 Å².